The molecule has 0 bridgehead atoms. The van der Waals surface area contributed by atoms with E-state index in [9.17, 15) is 9.59 Å². The second kappa shape index (κ2) is 12.2. The molecule has 0 aromatic heterocycles. The number of Topliss-reactive ketones (excluding diaryl/α,β-unsaturated/α-hetero) is 2. The lowest BCUT2D eigenvalue weighted by Crippen LogP contribution is -2.40. The molecule has 0 N–H and O–H groups in total. The summed E-state index contributed by atoms with van der Waals surface area (Å²) in [7, 11) is 0. The summed E-state index contributed by atoms with van der Waals surface area (Å²) in [6.07, 6.45) is 9.68. The fourth-order valence-corrected chi connectivity index (χ4v) is 7.63. The Labute approximate surface area is 248 Å². The van der Waals surface area contributed by atoms with Gasteiger partial charge in [-0.25, -0.2) is 0 Å². The van der Waals surface area contributed by atoms with Crippen LogP contribution in [0.2, 0.25) is 0 Å². The van der Waals surface area contributed by atoms with Crippen molar-refractivity contribution in [3.05, 3.63) is 94.5 Å². The highest BCUT2D eigenvalue weighted by Crippen LogP contribution is 2.43. The fraction of sp³-hybridized carbons (Fsp3) is 0.500. The summed E-state index contributed by atoms with van der Waals surface area (Å²) in [6.45, 7) is 0. The normalized spacial score (nSPS) is 31.6. The van der Waals surface area contributed by atoms with Crippen molar-refractivity contribution in [2.75, 3.05) is 0 Å². The lowest BCUT2D eigenvalue weighted by Gasteiger charge is -2.39. The number of ketones is 2. The minimum Gasteiger partial charge on any atom is -0.460 e. The van der Waals surface area contributed by atoms with Crippen molar-refractivity contribution < 1.29 is 28.5 Å². The molecule has 0 saturated heterocycles. The zero-order chi connectivity index (χ0) is 28.5. The molecule has 0 radical (unpaired) electrons. The molecule has 0 unspecified atom stereocenters. The SMILES string of the molecule is O=C1C2=C(O[C@@H](O[C@@H]3CCCC[C@H]3c3ccccc3)CC2)C(=O)C2=C1O[C@@H](O[C@H]1CCCC[C@@H]1c1ccccc1)CC2. The maximum atomic E-state index is 13.6. The third-order valence-corrected chi connectivity index (χ3v) is 9.78. The van der Waals surface area contributed by atoms with Crippen molar-refractivity contribution in [1.29, 1.82) is 0 Å². The van der Waals surface area contributed by atoms with Gasteiger partial charge in [0.25, 0.3) is 0 Å². The first-order chi connectivity index (χ1) is 20.7. The summed E-state index contributed by atoms with van der Waals surface area (Å²) < 4.78 is 25.4. The van der Waals surface area contributed by atoms with E-state index < -0.39 is 12.6 Å². The molecule has 6 atom stereocenters. The van der Waals surface area contributed by atoms with Gasteiger partial charge in [-0.3, -0.25) is 9.59 Å². The van der Waals surface area contributed by atoms with Crippen LogP contribution in [0, 0.1) is 0 Å². The van der Waals surface area contributed by atoms with Gasteiger partial charge in [-0.05, 0) is 49.7 Å². The topological polar surface area (TPSA) is 71.1 Å². The van der Waals surface area contributed by atoms with Crippen molar-refractivity contribution in [3.63, 3.8) is 0 Å². The van der Waals surface area contributed by atoms with Crippen LogP contribution in [0.1, 0.15) is 100 Å². The lowest BCUT2D eigenvalue weighted by molar-refractivity contribution is -0.182. The van der Waals surface area contributed by atoms with E-state index >= 15 is 0 Å². The Morgan fingerprint density at radius 1 is 0.524 bits per heavy atom. The summed E-state index contributed by atoms with van der Waals surface area (Å²) in [5, 5.41) is 0. The van der Waals surface area contributed by atoms with Crippen LogP contribution in [0.25, 0.3) is 0 Å². The zero-order valence-electron chi connectivity index (χ0n) is 24.2. The van der Waals surface area contributed by atoms with Crippen molar-refractivity contribution >= 4 is 11.6 Å². The van der Waals surface area contributed by atoms with Gasteiger partial charge in [0.05, 0.1) is 12.2 Å². The third kappa shape index (κ3) is 5.47. The maximum absolute atomic E-state index is 13.6. The van der Waals surface area contributed by atoms with Gasteiger partial charge in [0.2, 0.25) is 24.1 Å². The molecule has 220 valence electrons. The van der Waals surface area contributed by atoms with E-state index in [1.807, 2.05) is 12.1 Å². The molecule has 5 aliphatic rings. The molecule has 2 saturated carbocycles. The molecular weight excluding hydrogens is 528 g/mol. The first-order valence-electron chi connectivity index (χ1n) is 16.0. The average Bonchev–Trinajstić information content (AvgIpc) is 3.05. The van der Waals surface area contributed by atoms with Crippen molar-refractivity contribution in [2.24, 2.45) is 0 Å². The van der Waals surface area contributed by atoms with E-state index in [4.69, 9.17) is 18.9 Å². The standard InChI is InChI=1S/C36H40O6/c37-33-28-20-22-32(40-30-18-10-8-16-26(30)24-13-5-2-6-14-24)42-36(28)34(38)27-19-21-31(41-35(27)33)39-29-17-9-7-15-25(29)23-11-3-1-4-12-23/h1-6,11-14,25-26,29-32H,7-10,15-22H2/t25-,26+,29+,30-,31-,32-/m1/s1. The maximum Gasteiger partial charge on any atom is 0.227 e. The molecular formula is C36H40O6. The Kier molecular flexibility index (Phi) is 8.00. The van der Waals surface area contributed by atoms with Crippen LogP contribution >= 0.6 is 0 Å². The number of hydrogen-bond acceptors (Lipinski definition) is 6. The molecule has 6 heteroatoms. The van der Waals surface area contributed by atoms with Crippen LogP contribution < -0.4 is 0 Å². The molecule has 0 amide bonds. The van der Waals surface area contributed by atoms with Gasteiger partial charge in [-0.1, -0.05) is 86.3 Å². The molecule has 7 rings (SSSR count). The zero-order valence-corrected chi connectivity index (χ0v) is 24.2. The number of rotatable bonds is 6. The Bertz CT molecular complexity index is 1260. The van der Waals surface area contributed by atoms with E-state index in [2.05, 4.69) is 48.5 Å². The van der Waals surface area contributed by atoms with Crippen LogP contribution in [-0.2, 0) is 28.5 Å². The van der Waals surface area contributed by atoms with E-state index in [1.54, 1.807) is 0 Å². The number of carbonyl (C=O) groups is 2. The Morgan fingerprint density at radius 2 is 0.929 bits per heavy atom. The van der Waals surface area contributed by atoms with E-state index in [0.717, 1.165) is 38.5 Å². The molecule has 3 aliphatic carbocycles. The summed E-state index contributed by atoms with van der Waals surface area (Å²) in [5.41, 5.74) is 3.41. The van der Waals surface area contributed by atoms with Crippen molar-refractivity contribution in [2.45, 2.75) is 114 Å². The molecule has 2 heterocycles. The molecule has 42 heavy (non-hydrogen) atoms. The number of carbonyl (C=O) groups excluding carboxylic acids is 2. The molecule has 2 fully saturated rings. The summed E-state index contributed by atoms with van der Waals surface area (Å²) in [5.74, 6) is 0.504. The fourth-order valence-electron chi connectivity index (χ4n) is 7.63. The Balaban J connectivity index is 1.02. The van der Waals surface area contributed by atoms with Gasteiger partial charge in [0.1, 0.15) is 0 Å². The first kappa shape index (κ1) is 27.6. The average molecular weight is 569 g/mol. The van der Waals surface area contributed by atoms with Gasteiger partial charge in [-0.2, -0.15) is 0 Å². The molecule has 2 aromatic rings. The van der Waals surface area contributed by atoms with Crippen LogP contribution in [-0.4, -0.2) is 36.4 Å². The number of allylic oxidation sites excluding steroid dienone is 2. The van der Waals surface area contributed by atoms with Crippen LogP contribution in [0.5, 0.6) is 0 Å². The van der Waals surface area contributed by atoms with Crippen molar-refractivity contribution in [3.8, 4) is 0 Å². The summed E-state index contributed by atoms with van der Waals surface area (Å²) in [4.78, 5) is 27.3. The van der Waals surface area contributed by atoms with E-state index in [-0.39, 0.29) is 35.3 Å². The lowest BCUT2D eigenvalue weighted by atomic mass is 9.81. The molecule has 2 aromatic carbocycles. The van der Waals surface area contributed by atoms with Crippen LogP contribution in [0.3, 0.4) is 0 Å². The quantitative estimate of drug-likeness (QED) is 0.338. The summed E-state index contributed by atoms with van der Waals surface area (Å²) >= 11 is 0. The highest BCUT2D eigenvalue weighted by atomic mass is 16.7. The molecule has 6 nitrogen and oxygen atoms in total. The third-order valence-electron chi connectivity index (χ3n) is 9.78. The predicted octanol–water partition coefficient (Wildman–Crippen LogP) is 7.41. The predicted molar refractivity (Wildman–Crippen MR) is 157 cm³/mol. The monoisotopic (exact) mass is 568 g/mol. The van der Waals surface area contributed by atoms with Crippen molar-refractivity contribution in [1.82, 2.24) is 0 Å². The molecule has 2 aliphatic heterocycles. The molecule has 0 spiro atoms. The highest BCUT2D eigenvalue weighted by Gasteiger charge is 2.44. The second-order valence-electron chi connectivity index (χ2n) is 12.4. The van der Waals surface area contributed by atoms with Gasteiger partial charge in [0.15, 0.2) is 11.5 Å². The minimum atomic E-state index is -0.529. The Hall–Kier alpha value is -3.22. The van der Waals surface area contributed by atoms with Crippen LogP contribution in [0.4, 0.5) is 0 Å². The minimum absolute atomic E-state index is 0.0351. The summed E-state index contributed by atoms with van der Waals surface area (Å²) in [6, 6.07) is 21.0. The number of ether oxygens (including phenoxy) is 4. The van der Waals surface area contributed by atoms with Gasteiger partial charge in [0, 0.05) is 35.8 Å². The number of benzene rings is 2. The highest BCUT2D eigenvalue weighted by molar-refractivity contribution is 6.23. The smallest absolute Gasteiger partial charge is 0.227 e. The van der Waals surface area contributed by atoms with Gasteiger partial charge in [-0.15, -0.1) is 0 Å². The number of hydrogen-bond donors (Lipinski definition) is 0. The second-order valence-corrected chi connectivity index (χ2v) is 12.4. The van der Waals surface area contributed by atoms with Gasteiger partial charge < -0.3 is 18.9 Å². The van der Waals surface area contributed by atoms with Gasteiger partial charge >= 0.3 is 0 Å². The van der Waals surface area contributed by atoms with E-state index in [1.165, 1.54) is 24.0 Å². The van der Waals surface area contributed by atoms with Crippen LogP contribution in [0.15, 0.2) is 83.3 Å². The van der Waals surface area contributed by atoms with E-state index in [0.29, 0.717) is 48.7 Å². The Morgan fingerprint density at radius 3 is 1.36 bits per heavy atom. The largest absolute Gasteiger partial charge is 0.460 e. The first-order valence-corrected chi connectivity index (χ1v) is 16.0.